The highest BCUT2D eigenvalue weighted by molar-refractivity contribution is 5.96. The lowest BCUT2D eigenvalue weighted by Gasteiger charge is -2.22. The van der Waals surface area contributed by atoms with Gasteiger partial charge in [-0.05, 0) is 48.2 Å². The van der Waals surface area contributed by atoms with Gasteiger partial charge in [0, 0.05) is 35.5 Å². The maximum absolute atomic E-state index is 14.3. The molecule has 0 spiro atoms. The largest absolute Gasteiger partial charge is 0.467 e. The standard InChI is InChI=1S/C29H23N7O3/c1-17(33-26-25-22(12-7-13-30-25)34-28(38)35-26)23-14-18-8-6-11-21(19-15-31-29(39-2)32-16-19)24(18)27(37)36(23)20-9-4-3-5-10-20/h3-17H,1-2H3,(H2,33,34,35,38)/t17-/m0/s1. The SMILES string of the molecule is COc1ncc(-c2cccc3cc([C@H](C)Nc4nc(=O)[nH]c5cccnc45)n(-c4ccccc4)c(=O)c23)cn1. The van der Waals surface area contributed by atoms with E-state index < -0.39 is 11.7 Å². The van der Waals surface area contributed by atoms with Crippen LogP contribution in [0.4, 0.5) is 5.82 Å². The number of benzene rings is 2. The molecule has 0 aliphatic rings. The Morgan fingerprint density at radius 2 is 1.74 bits per heavy atom. The van der Waals surface area contributed by atoms with Crippen LogP contribution in [0.15, 0.2) is 94.9 Å². The number of hydrogen-bond donors (Lipinski definition) is 2. The van der Waals surface area contributed by atoms with Crippen molar-refractivity contribution in [1.82, 2.24) is 29.5 Å². The third kappa shape index (κ3) is 4.37. The Hall–Kier alpha value is -5.38. The fourth-order valence-electron chi connectivity index (χ4n) is 4.72. The summed E-state index contributed by atoms with van der Waals surface area (Å²) in [7, 11) is 1.50. The van der Waals surface area contributed by atoms with E-state index in [0.717, 1.165) is 5.39 Å². The van der Waals surface area contributed by atoms with Crippen molar-refractivity contribution in [3.05, 3.63) is 112 Å². The summed E-state index contributed by atoms with van der Waals surface area (Å²) in [5.41, 5.74) is 3.21. The maximum Gasteiger partial charge on any atom is 0.347 e. The molecule has 0 bridgehead atoms. The van der Waals surface area contributed by atoms with E-state index in [0.29, 0.717) is 44.7 Å². The Bertz CT molecular complexity index is 1930. The van der Waals surface area contributed by atoms with Gasteiger partial charge in [-0.15, -0.1) is 0 Å². The fourth-order valence-corrected chi connectivity index (χ4v) is 4.72. The van der Waals surface area contributed by atoms with Crippen LogP contribution in [0, 0.1) is 0 Å². The summed E-state index contributed by atoms with van der Waals surface area (Å²) < 4.78 is 6.77. The molecular weight excluding hydrogens is 494 g/mol. The summed E-state index contributed by atoms with van der Waals surface area (Å²) in [6.07, 6.45) is 4.92. The summed E-state index contributed by atoms with van der Waals surface area (Å²) >= 11 is 0. The van der Waals surface area contributed by atoms with Gasteiger partial charge in [-0.3, -0.25) is 14.3 Å². The first-order valence-corrected chi connectivity index (χ1v) is 12.3. The molecule has 0 saturated heterocycles. The van der Waals surface area contributed by atoms with Gasteiger partial charge in [0.05, 0.1) is 24.1 Å². The molecule has 6 rings (SSSR count). The number of methoxy groups -OCH3 is 1. The Morgan fingerprint density at radius 3 is 2.51 bits per heavy atom. The molecule has 0 fully saturated rings. The number of anilines is 1. The van der Waals surface area contributed by atoms with Crippen LogP contribution in [0.2, 0.25) is 0 Å². The molecule has 10 nitrogen and oxygen atoms in total. The van der Waals surface area contributed by atoms with Gasteiger partial charge in [-0.1, -0.05) is 36.4 Å². The lowest BCUT2D eigenvalue weighted by Crippen LogP contribution is -2.26. The highest BCUT2D eigenvalue weighted by atomic mass is 16.5. The minimum Gasteiger partial charge on any atom is -0.467 e. The van der Waals surface area contributed by atoms with Gasteiger partial charge in [0.25, 0.3) is 5.56 Å². The first kappa shape index (κ1) is 24.0. The van der Waals surface area contributed by atoms with Crippen molar-refractivity contribution >= 4 is 27.6 Å². The van der Waals surface area contributed by atoms with Crippen molar-refractivity contribution < 1.29 is 4.74 Å². The van der Waals surface area contributed by atoms with Crippen LogP contribution in [-0.2, 0) is 0 Å². The molecule has 0 radical (unpaired) electrons. The minimum absolute atomic E-state index is 0.199. The predicted octanol–water partition coefficient (Wildman–Crippen LogP) is 4.26. The van der Waals surface area contributed by atoms with Crippen LogP contribution < -0.4 is 21.3 Å². The number of fused-ring (bicyclic) bond motifs is 2. The zero-order chi connectivity index (χ0) is 26.9. The van der Waals surface area contributed by atoms with Crippen LogP contribution in [-0.4, -0.2) is 36.6 Å². The first-order chi connectivity index (χ1) is 19.0. The quantitative estimate of drug-likeness (QED) is 0.335. The smallest absolute Gasteiger partial charge is 0.347 e. The van der Waals surface area contributed by atoms with Crippen LogP contribution >= 0.6 is 0 Å². The van der Waals surface area contributed by atoms with Crippen LogP contribution in [0.1, 0.15) is 18.7 Å². The number of para-hydroxylation sites is 1. The molecule has 0 aliphatic heterocycles. The second-order valence-electron chi connectivity index (χ2n) is 8.93. The van der Waals surface area contributed by atoms with Gasteiger partial charge in [-0.25, -0.2) is 14.8 Å². The third-order valence-electron chi connectivity index (χ3n) is 6.50. The Kier molecular flexibility index (Phi) is 6.04. The molecule has 39 heavy (non-hydrogen) atoms. The second-order valence-corrected chi connectivity index (χ2v) is 8.93. The number of rotatable bonds is 6. The number of ether oxygens (including phenoxy) is 1. The van der Waals surface area contributed by atoms with Gasteiger partial charge < -0.3 is 15.0 Å². The van der Waals surface area contributed by atoms with Crippen molar-refractivity contribution in [3.8, 4) is 22.8 Å². The molecule has 0 amide bonds. The number of aromatic nitrogens is 6. The van der Waals surface area contributed by atoms with Gasteiger partial charge in [-0.2, -0.15) is 4.98 Å². The molecular formula is C29H23N7O3. The van der Waals surface area contributed by atoms with Crippen molar-refractivity contribution in [3.63, 3.8) is 0 Å². The normalized spacial score (nSPS) is 11.9. The highest BCUT2D eigenvalue weighted by Gasteiger charge is 2.20. The lowest BCUT2D eigenvalue weighted by molar-refractivity contribution is 0.380. The molecule has 1 atom stereocenters. The molecule has 6 aromatic rings. The number of H-pyrrole nitrogens is 1. The summed E-state index contributed by atoms with van der Waals surface area (Å²) in [5.74, 6) is 0.332. The Balaban J connectivity index is 1.56. The third-order valence-corrected chi connectivity index (χ3v) is 6.50. The molecule has 0 unspecified atom stereocenters. The van der Waals surface area contributed by atoms with Crippen LogP contribution in [0.25, 0.3) is 38.6 Å². The zero-order valence-electron chi connectivity index (χ0n) is 21.1. The van der Waals surface area contributed by atoms with Crippen molar-refractivity contribution in [2.24, 2.45) is 0 Å². The van der Waals surface area contributed by atoms with Crippen LogP contribution in [0.5, 0.6) is 6.01 Å². The van der Waals surface area contributed by atoms with Gasteiger partial charge >= 0.3 is 11.7 Å². The van der Waals surface area contributed by atoms with Gasteiger partial charge in [0.2, 0.25) is 0 Å². The van der Waals surface area contributed by atoms with Crippen molar-refractivity contribution in [1.29, 1.82) is 0 Å². The molecule has 2 aromatic carbocycles. The van der Waals surface area contributed by atoms with Crippen molar-refractivity contribution in [2.75, 3.05) is 12.4 Å². The fraction of sp³-hybridized carbons (Fsp3) is 0.103. The summed E-state index contributed by atoms with van der Waals surface area (Å²) in [6.45, 7) is 1.92. The minimum atomic E-state index is -0.490. The van der Waals surface area contributed by atoms with Crippen LogP contribution in [0.3, 0.4) is 0 Å². The number of nitrogens with one attached hydrogen (secondary N) is 2. The predicted molar refractivity (Wildman–Crippen MR) is 149 cm³/mol. The van der Waals surface area contributed by atoms with E-state index in [1.54, 1.807) is 35.3 Å². The van der Waals surface area contributed by atoms with Gasteiger partial charge in [0.1, 0.15) is 5.52 Å². The first-order valence-electron chi connectivity index (χ1n) is 12.3. The number of pyridine rings is 2. The van der Waals surface area contributed by atoms with E-state index in [9.17, 15) is 9.59 Å². The maximum atomic E-state index is 14.3. The molecule has 0 saturated carbocycles. The number of hydrogen-bond acceptors (Lipinski definition) is 8. The Morgan fingerprint density at radius 1 is 0.949 bits per heavy atom. The molecule has 4 heterocycles. The number of nitrogens with zero attached hydrogens (tertiary/aromatic N) is 5. The molecule has 192 valence electrons. The average molecular weight is 518 g/mol. The van der Waals surface area contributed by atoms with E-state index in [4.69, 9.17) is 4.74 Å². The van der Waals surface area contributed by atoms with E-state index in [1.807, 2.05) is 61.5 Å². The summed E-state index contributed by atoms with van der Waals surface area (Å²) in [6, 6.07) is 20.4. The molecule has 4 aromatic heterocycles. The van der Waals surface area contributed by atoms with Gasteiger partial charge in [0.15, 0.2) is 5.82 Å². The molecule has 0 aliphatic carbocycles. The topological polar surface area (TPSA) is 128 Å². The average Bonchev–Trinajstić information content (AvgIpc) is 2.97. The number of aromatic amines is 1. The van der Waals surface area contributed by atoms with Crippen molar-refractivity contribution in [2.45, 2.75) is 13.0 Å². The monoisotopic (exact) mass is 517 g/mol. The lowest BCUT2D eigenvalue weighted by atomic mass is 9.99. The summed E-state index contributed by atoms with van der Waals surface area (Å²) in [4.78, 5) is 46.2. The van der Waals surface area contributed by atoms with E-state index in [1.165, 1.54) is 7.11 Å². The Labute approximate surface area is 222 Å². The second kappa shape index (κ2) is 9.82. The zero-order valence-corrected chi connectivity index (χ0v) is 21.1. The highest BCUT2D eigenvalue weighted by Crippen LogP contribution is 2.30. The van der Waals surface area contributed by atoms with E-state index >= 15 is 0 Å². The van der Waals surface area contributed by atoms with E-state index in [-0.39, 0.29) is 11.6 Å². The molecule has 10 heteroatoms. The molecule has 2 N–H and O–H groups in total. The van der Waals surface area contributed by atoms with E-state index in [2.05, 4.69) is 30.2 Å². The summed E-state index contributed by atoms with van der Waals surface area (Å²) in [5, 5.41) is 4.61.